The van der Waals surface area contributed by atoms with Crippen LogP contribution < -0.4 is 15.2 Å². The van der Waals surface area contributed by atoms with Crippen molar-refractivity contribution in [2.75, 3.05) is 7.11 Å². The van der Waals surface area contributed by atoms with Crippen molar-refractivity contribution >= 4 is 0 Å². The Bertz CT molecular complexity index is 566. The first-order valence-corrected chi connectivity index (χ1v) is 6.49. The van der Waals surface area contributed by atoms with Crippen LogP contribution in [-0.4, -0.2) is 28.1 Å². The Morgan fingerprint density at radius 3 is 2.75 bits per heavy atom. The van der Waals surface area contributed by atoms with Crippen molar-refractivity contribution in [2.24, 2.45) is 12.8 Å². The van der Waals surface area contributed by atoms with E-state index in [4.69, 9.17) is 15.2 Å². The van der Waals surface area contributed by atoms with Gasteiger partial charge in [0.1, 0.15) is 12.3 Å². The first kappa shape index (κ1) is 14.3. The molecule has 0 saturated heterocycles. The number of nitrogens with two attached hydrogens (primary N) is 1. The number of hydrogen-bond acceptors (Lipinski definition) is 5. The van der Waals surface area contributed by atoms with Crippen molar-refractivity contribution in [3.05, 3.63) is 35.7 Å². The molecule has 0 aliphatic heterocycles. The largest absolute Gasteiger partial charge is 0.493 e. The second-order valence-corrected chi connectivity index (χ2v) is 4.84. The summed E-state index contributed by atoms with van der Waals surface area (Å²) in [6.07, 6.45) is 2.61. The smallest absolute Gasteiger partial charge is 0.162 e. The Labute approximate surface area is 118 Å². The van der Waals surface area contributed by atoms with Crippen molar-refractivity contribution < 1.29 is 9.47 Å². The number of rotatable bonds is 6. The van der Waals surface area contributed by atoms with E-state index in [-0.39, 0.29) is 6.04 Å². The van der Waals surface area contributed by atoms with Gasteiger partial charge in [0.15, 0.2) is 11.5 Å². The molecule has 0 aliphatic rings. The molecule has 20 heavy (non-hydrogen) atoms. The molecule has 2 rings (SSSR count). The highest BCUT2D eigenvalue weighted by molar-refractivity contribution is 5.43. The van der Waals surface area contributed by atoms with Gasteiger partial charge in [0.05, 0.1) is 13.3 Å². The third kappa shape index (κ3) is 3.71. The molecule has 0 saturated carbocycles. The Kier molecular flexibility index (Phi) is 4.57. The van der Waals surface area contributed by atoms with Gasteiger partial charge in [0.25, 0.3) is 0 Å². The Morgan fingerprint density at radius 2 is 2.15 bits per heavy atom. The van der Waals surface area contributed by atoms with Gasteiger partial charge in [-0.25, -0.2) is 0 Å². The molecule has 1 unspecified atom stereocenters. The first-order valence-electron chi connectivity index (χ1n) is 6.49. The molecule has 0 amide bonds. The normalized spacial score (nSPS) is 12.2. The van der Waals surface area contributed by atoms with Gasteiger partial charge in [-0.05, 0) is 31.0 Å². The average Bonchev–Trinajstić information content (AvgIpc) is 2.82. The van der Waals surface area contributed by atoms with Crippen molar-refractivity contribution in [1.29, 1.82) is 0 Å². The summed E-state index contributed by atoms with van der Waals surface area (Å²) in [5, 5.41) is 7.85. The monoisotopic (exact) mass is 276 g/mol. The SMILES string of the molecule is COc1ccc(CC(C)N)cc1OCc1cn(C)nn1. The summed E-state index contributed by atoms with van der Waals surface area (Å²) < 4.78 is 12.7. The summed E-state index contributed by atoms with van der Waals surface area (Å²) in [5.41, 5.74) is 7.71. The maximum absolute atomic E-state index is 5.82. The van der Waals surface area contributed by atoms with Gasteiger partial charge in [0, 0.05) is 13.1 Å². The number of aromatic nitrogens is 3. The van der Waals surface area contributed by atoms with Crippen LogP contribution >= 0.6 is 0 Å². The summed E-state index contributed by atoms with van der Waals surface area (Å²) in [7, 11) is 3.44. The van der Waals surface area contributed by atoms with E-state index in [0.29, 0.717) is 18.1 Å². The highest BCUT2D eigenvalue weighted by Crippen LogP contribution is 2.29. The van der Waals surface area contributed by atoms with E-state index in [1.807, 2.05) is 38.4 Å². The molecule has 1 heterocycles. The Balaban J connectivity index is 2.11. The Hall–Kier alpha value is -2.08. The molecule has 108 valence electrons. The fraction of sp³-hybridized carbons (Fsp3) is 0.429. The van der Waals surface area contributed by atoms with E-state index in [9.17, 15) is 0 Å². The third-order valence-electron chi connectivity index (χ3n) is 2.81. The molecule has 0 aliphatic carbocycles. The minimum Gasteiger partial charge on any atom is -0.493 e. The molecule has 1 atom stereocenters. The zero-order chi connectivity index (χ0) is 14.5. The van der Waals surface area contributed by atoms with Crippen LogP contribution in [0.4, 0.5) is 0 Å². The topological polar surface area (TPSA) is 75.2 Å². The van der Waals surface area contributed by atoms with Gasteiger partial charge in [-0.3, -0.25) is 4.68 Å². The fourth-order valence-corrected chi connectivity index (χ4v) is 1.95. The molecule has 0 spiro atoms. The number of nitrogens with zero attached hydrogens (tertiary/aromatic N) is 3. The van der Waals surface area contributed by atoms with E-state index >= 15 is 0 Å². The Morgan fingerprint density at radius 1 is 1.35 bits per heavy atom. The predicted octanol–water partition coefficient (Wildman–Crippen LogP) is 1.29. The summed E-state index contributed by atoms with van der Waals surface area (Å²) >= 11 is 0. The van der Waals surface area contributed by atoms with Gasteiger partial charge < -0.3 is 15.2 Å². The highest BCUT2D eigenvalue weighted by atomic mass is 16.5. The second-order valence-electron chi connectivity index (χ2n) is 4.84. The van der Waals surface area contributed by atoms with Gasteiger partial charge in [-0.1, -0.05) is 11.3 Å². The zero-order valence-electron chi connectivity index (χ0n) is 12.0. The van der Waals surface area contributed by atoms with Gasteiger partial charge in [0.2, 0.25) is 0 Å². The van der Waals surface area contributed by atoms with E-state index in [2.05, 4.69) is 10.3 Å². The lowest BCUT2D eigenvalue weighted by atomic mass is 10.1. The number of ether oxygens (including phenoxy) is 2. The van der Waals surface area contributed by atoms with Crippen LogP contribution in [0.3, 0.4) is 0 Å². The van der Waals surface area contributed by atoms with Crippen LogP contribution in [0.25, 0.3) is 0 Å². The molecular weight excluding hydrogens is 256 g/mol. The highest BCUT2D eigenvalue weighted by Gasteiger charge is 2.08. The first-order chi connectivity index (χ1) is 9.58. The molecule has 1 aromatic carbocycles. The molecule has 6 nitrogen and oxygen atoms in total. The maximum Gasteiger partial charge on any atom is 0.162 e. The van der Waals surface area contributed by atoms with Gasteiger partial charge in [-0.2, -0.15) is 0 Å². The van der Waals surface area contributed by atoms with Crippen LogP contribution in [0.15, 0.2) is 24.4 Å². The van der Waals surface area contributed by atoms with Crippen LogP contribution in [0.1, 0.15) is 18.2 Å². The minimum absolute atomic E-state index is 0.108. The standard InChI is InChI=1S/C14H20N4O2/c1-10(15)6-11-4-5-13(19-3)14(7-11)20-9-12-8-18(2)17-16-12/h4-5,7-8,10H,6,9,15H2,1-3H3. The number of methoxy groups -OCH3 is 1. The molecule has 2 N–H and O–H groups in total. The zero-order valence-corrected chi connectivity index (χ0v) is 12.0. The summed E-state index contributed by atoms with van der Waals surface area (Å²) in [4.78, 5) is 0. The molecule has 0 bridgehead atoms. The molecular formula is C14H20N4O2. The number of hydrogen-bond donors (Lipinski definition) is 1. The molecule has 6 heteroatoms. The van der Waals surface area contributed by atoms with Crippen LogP contribution in [0.2, 0.25) is 0 Å². The van der Waals surface area contributed by atoms with E-state index < -0.39 is 0 Å². The lowest BCUT2D eigenvalue weighted by Crippen LogP contribution is -2.17. The maximum atomic E-state index is 5.82. The minimum atomic E-state index is 0.108. The summed E-state index contributed by atoms with van der Waals surface area (Å²) in [6.45, 7) is 2.33. The van der Waals surface area contributed by atoms with Crippen molar-refractivity contribution in [3.8, 4) is 11.5 Å². The number of aryl methyl sites for hydroxylation is 1. The average molecular weight is 276 g/mol. The predicted molar refractivity (Wildman–Crippen MR) is 75.7 cm³/mol. The van der Waals surface area contributed by atoms with Gasteiger partial charge >= 0.3 is 0 Å². The van der Waals surface area contributed by atoms with Crippen LogP contribution in [-0.2, 0) is 20.1 Å². The summed E-state index contributed by atoms with van der Waals surface area (Å²) in [6, 6.07) is 5.95. The van der Waals surface area contributed by atoms with Crippen molar-refractivity contribution in [1.82, 2.24) is 15.0 Å². The quantitative estimate of drug-likeness (QED) is 0.860. The number of benzene rings is 1. The molecule has 0 fully saturated rings. The summed E-state index contributed by atoms with van der Waals surface area (Å²) in [5.74, 6) is 1.39. The fourth-order valence-electron chi connectivity index (χ4n) is 1.95. The van der Waals surface area contributed by atoms with Gasteiger partial charge in [-0.15, -0.1) is 5.10 Å². The molecule has 0 radical (unpaired) electrons. The van der Waals surface area contributed by atoms with E-state index in [1.165, 1.54) is 0 Å². The molecule has 1 aromatic heterocycles. The second kappa shape index (κ2) is 6.38. The lowest BCUT2D eigenvalue weighted by molar-refractivity contribution is 0.280. The van der Waals surface area contributed by atoms with E-state index in [1.54, 1.807) is 11.8 Å². The van der Waals surface area contributed by atoms with E-state index in [0.717, 1.165) is 17.7 Å². The molecule has 2 aromatic rings. The van der Waals surface area contributed by atoms with Crippen LogP contribution in [0, 0.1) is 0 Å². The van der Waals surface area contributed by atoms with Crippen molar-refractivity contribution in [3.63, 3.8) is 0 Å². The third-order valence-corrected chi connectivity index (χ3v) is 2.81. The lowest BCUT2D eigenvalue weighted by Gasteiger charge is -2.12. The van der Waals surface area contributed by atoms with Crippen molar-refractivity contribution in [2.45, 2.75) is 26.0 Å². The van der Waals surface area contributed by atoms with Crippen LogP contribution in [0.5, 0.6) is 11.5 Å².